The van der Waals surface area contributed by atoms with Crippen LogP contribution in [0.5, 0.6) is 5.88 Å². The van der Waals surface area contributed by atoms with Crippen LogP contribution in [0, 0.1) is 0 Å². The van der Waals surface area contributed by atoms with Gasteiger partial charge in [0, 0.05) is 26.1 Å². The van der Waals surface area contributed by atoms with E-state index in [1.807, 2.05) is 0 Å². The zero-order chi connectivity index (χ0) is 9.97. The third-order valence-electron chi connectivity index (χ3n) is 2.46. The van der Waals surface area contributed by atoms with Crippen LogP contribution in [0.4, 0.5) is 5.69 Å². The summed E-state index contributed by atoms with van der Waals surface area (Å²) in [5.41, 5.74) is 6.29. The number of hydrogen-bond acceptors (Lipinski definition) is 4. The lowest BCUT2D eigenvalue weighted by Gasteiger charge is -2.33. The first-order valence-corrected chi connectivity index (χ1v) is 4.69. The van der Waals surface area contributed by atoms with Crippen molar-refractivity contribution in [2.75, 3.05) is 12.8 Å². The number of pyridine rings is 1. The lowest BCUT2D eigenvalue weighted by molar-refractivity contribution is -0.0393. The Hall–Kier alpha value is -1.29. The van der Waals surface area contributed by atoms with Crippen molar-refractivity contribution in [3.63, 3.8) is 0 Å². The van der Waals surface area contributed by atoms with E-state index in [0.717, 1.165) is 12.8 Å². The molecule has 1 aromatic rings. The molecule has 4 heteroatoms. The molecule has 76 valence electrons. The van der Waals surface area contributed by atoms with E-state index in [2.05, 4.69) is 4.98 Å². The molecule has 0 spiro atoms. The molecule has 14 heavy (non-hydrogen) atoms. The van der Waals surface area contributed by atoms with Gasteiger partial charge in [0.1, 0.15) is 6.10 Å². The fourth-order valence-electron chi connectivity index (χ4n) is 1.47. The molecule has 4 nitrogen and oxygen atoms in total. The summed E-state index contributed by atoms with van der Waals surface area (Å²) in [7, 11) is 1.72. The molecule has 0 amide bonds. The number of nitrogens with zero attached hydrogens (tertiary/aromatic N) is 1. The van der Waals surface area contributed by atoms with Crippen LogP contribution in [-0.4, -0.2) is 24.3 Å². The summed E-state index contributed by atoms with van der Waals surface area (Å²) in [5, 5.41) is 0. The van der Waals surface area contributed by atoms with Gasteiger partial charge >= 0.3 is 0 Å². The Labute approximate surface area is 83.0 Å². The quantitative estimate of drug-likeness (QED) is 0.786. The Morgan fingerprint density at radius 1 is 1.43 bits per heavy atom. The number of anilines is 1. The number of rotatable bonds is 3. The molecule has 0 atom stereocenters. The Morgan fingerprint density at radius 3 is 2.86 bits per heavy atom. The van der Waals surface area contributed by atoms with Gasteiger partial charge in [-0.15, -0.1) is 0 Å². The van der Waals surface area contributed by atoms with Gasteiger partial charge in [0.15, 0.2) is 0 Å². The Morgan fingerprint density at radius 2 is 2.21 bits per heavy atom. The van der Waals surface area contributed by atoms with E-state index in [1.54, 1.807) is 25.4 Å². The SMILES string of the molecule is CO[C@H]1C[C@@H](Oc2ncccc2N)C1. The summed E-state index contributed by atoms with van der Waals surface area (Å²) in [6, 6.07) is 3.58. The zero-order valence-electron chi connectivity index (χ0n) is 8.14. The monoisotopic (exact) mass is 194 g/mol. The maximum atomic E-state index is 5.70. The zero-order valence-corrected chi connectivity index (χ0v) is 8.14. The van der Waals surface area contributed by atoms with Crippen LogP contribution in [0.1, 0.15) is 12.8 Å². The van der Waals surface area contributed by atoms with Crippen molar-refractivity contribution in [1.29, 1.82) is 0 Å². The summed E-state index contributed by atoms with van der Waals surface area (Å²) in [6.45, 7) is 0. The van der Waals surface area contributed by atoms with Crippen LogP contribution in [0.25, 0.3) is 0 Å². The number of aromatic nitrogens is 1. The van der Waals surface area contributed by atoms with Crippen LogP contribution in [-0.2, 0) is 4.74 Å². The van der Waals surface area contributed by atoms with Crippen molar-refractivity contribution < 1.29 is 9.47 Å². The summed E-state index contributed by atoms with van der Waals surface area (Å²) < 4.78 is 10.7. The van der Waals surface area contributed by atoms with Gasteiger partial charge in [-0.1, -0.05) is 0 Å². The van der Waals surface area contributed by atoms with E-state index >= 15 is 0 Å². The molecule has 0 unspecified atom stereocenters. The second-order valence-corrected chi connectivity index (χ2v) is 3.47. The smallest absolute Gasteiger partial charge is 0.237 e. The molecule has 0 aliphatic heterocycles. The summed E-state index contributed by atoms with van der Waals surface area (Å²) in [6.07, 6.45) is 4.07. The van der Waals surface area contributed by atoms with Crippen LogP contribution >= 0.6 is 0 Å². The van der Waals surface area contributed by atoms with E-state index in [0.29, 0.717) is 17.7 Å². The van der Waals surface area contributed by atoms with Gasteiger partial charge in [0.05, 0.1) is 11.8 Å². The minimum Gasteiger partial charge on any atom is -0.473 e. The average Bonchev–Trinajstić information content (AvgIpc) is 2.13. The Balaban J connectivity index is 1.90. The molecule has 1 saturated carbocycles. The van der Waals surface area contributed by atoms with Crippen LogP contribution in [0.3, 0.4) is 0 Å². The number of nitrogens with two attached hydrogens (primary N) is 1. The van der Waals surface area contributed by atoms with Crippen molar-refractivity contribution >= 4 is 5.69 Å². The molecule has 1 heterocycles. The van der Waals surface area contributed by atoms with Crippen molar-refractivity contribution in [2.45, 2.75) is 25.0 Å². The molecule has 0 aromatic carbocycles. The molecule has 0 bridgehead atoms. The highest BCUT2D eigenvalue weighted by atomic mass is 16.5. The van der Waals surface area contributed by atoms with Crippen molar-refractivity contribution in [3.8, 4) is 5.88 Å². The maximum absolute atomic E-state index is 5.70. The van der Waals surface area contributed by atoms with Gasteiger partial charge in [-0.05, 0) is 12.1 Å². The molecule has 0 saturated heterocycles. The van der Waals surface area contributed by atoms with E-state index in [-0.39, 0.29) is 6.10 Å². The van der Waals surface area contributed by atoms with Crippen LogP contribution in [0.2, 0.25) is 0 Å². The highest BCUT2D eigenvalue weighted by Gasteiger charge is 2.31. The first kappa shape index (κ1) is 9.27. The van der Waals surface area contributed by atoms with Gasteiger partial charge in [-0.25, -0.2) is 4.98 Å². The topological polar surface area (TPSA) is 57.4 Å². The lowest BCUT2D eigenvalue weighted by atomic mass is 9.92. The van der Waals surface area contributed by atoms with Crippen molar-refractivity contribution in [3.05, 3.63) is 18.3 Å². The third kappa shape index (κ3) is 1.80. The average molecular weight is 194 g/mol. The minimum atomic E-state index is 0.206. The molecule has 1 aliphatic carbocycles. The second-order valence-electron chi connectivity index (χ2n) is 3.47. The summed E-state index contributed by atoms with van der Waals surface area (Å²) in [5.74, 6) is 0.534. The molecule has 0 radical (unpaired) electrons. The van der Waals surface area contributed by atoms with E-state index < -0.39 is 0 Å². The molecule has 2 N–H and O–H groups in total. The predicted octanol–water partition coefficient (Wildman–Crippen LogP) is 1.22. The van der Waals surface area contributed by atoms with Crippen LogP contribution < -0.4 is 10.5 Å². The summed E-state index contributed by atoms with van der Waals surface area (Å²) >= 11 is 0. The molecule has 1 aromatic heterocycles. The number of hydrogen-bond donors (Lipinski definition) is 1. The first-order chi connectivity index (χ1) is 6.79. The van der Waals surface area contributed by atoms with E-state index in [1.165, 1.54) is 0 Å². The molecule has 1 aliphatic rings. The Kier molecular flexibility index (Phi) is 2.54. The normalized spacial score (nSPS) is 25.5. The number of methoxy groups -OCH3 is 1. The van der Waals surface area contributed by atoms with Gasteiger partial charge in [-0.3, -0.25) is 0 Å². The predicted molar refractivity (Wildman–Crippen MR) is 53.1 cm³/mol. The molecule has 2 rings (SSSR count). The standard InChI is InChI=1S/C10H14N2O2/c1-13-7-5-8(6-7)14-10-9(11)3-2-4-12-10/h2-4,7-8H,5-6,11H2,1H3/t7-,8+. The van der Waals surface area contributed by atoms with Gasteiger partial charge in [-0.2, -0.15) is 0 Å². The number of ether oxygens (including phenoxy) is 2. The van der Waals surface area contributed by atoms with E-state index in [9.17, 15) is 0 Å². The van der Waals surface area contributed by atoms with E-state index in [4.69, 9.17) is 15.2 Å². The largest absolute Gasteiger partial charge is 0.473 e. The van der Waals surface area contributed by atoms with Gasteiger partial charge in [0.25, 0.3) is 0 Å². The maximum Gasteiger partial charge on any atom is 0.237 e. The third-order valence-corrected chi connectivity index (χ3v) is 2.46. The fraction of sp³-hybridized carbons (Fsp3) is 0.500. The number of nitrogen functional groups attached to an aromatic ring is 1. The lowest BCUT2D eigenvalue weighted by Crippen LogP contribution is -2.39. The highest BCUT2D eigenvalue weighted by molar-refractivity contribution is 5.47. The molecular formula is C10H14N2O2. The van der Waals surface area contributed by atoms with Crippen LogP contribution in [0.15, 0.2) is 18.3 Å². The minimum absolute atomic E-state index is 0.206. The Bertz CT molecular complexity index is 311. The first-order valence-electron chi connectivity index (χ1n) is 4.69. The van der Waals surface area contributed by atoms with Crippen molar-refractivity contribution in [2.24, 2.45) is 0 Å². The second kappa shape index (κ2) is 3.84. The highest BCUT2D eigenvalue weighted by Crippen LogP contribution is 2.28. The molecule has 1 fully saturated rings. The summed E-state index contributed by atoms with van der Waals surface area (Å²) in [4.78, 5) is 4.06. The van der Waals surface area contributed by atoms with Gasteiger partial charge < -0.3 is 15.2 Å². The molecular weight excluding hydrogens is 180 g/mol. The van der Waals surface area contributed by atoms with Crippen molar-refractivity contribution in [1.82, 2.24) is 4.98 Å². The fourth-order valence-corrected chi connectivity index (χ4v) is 1.47. The van der Waals surface area contributed by atoms with Gasteiger partial charge in [0.2, 0.25) is 5.88 Å².